The number of benzene rings is 1. The molecular weight excluding hydrogens is 213 g/mol. The van der Waals surface area contributed by atoms with Crippen molar-refractivity contribution in [2.24, 2.45) is 0 Å². The summed E-state index contributed by atoms with van der Waals surface area (Å²) >= 11 is 1.81. The van der Waals surface area contributed by atoms with Crippen LogP contribution in [0.15, 0.2) is 18.2 Å². The minimum Gasteiger partial charge on any atom is -0.508 e. The van der Waals surface area contributed by atoms with Gasteiger partial charge in [0.05, 0.1) is 0 Å². The third kappa shape index (κ3) is 5.04. The van der Waals surface area contributed by atoms with Crippen molar-refractivity contribution in [2.75, 3.05) is 18.6 Å². The van der Waals surface area contributed by atoms with E-state index >= 15 is 0 Å². The summed E-state index contributed by atoms with van der Waals surface area (Å²) in [5.74, 6) is 0.716. The van der Waals surface area contributed by atoms with Crippen molar-refractivity contribution < 1.29 is 9.50 Å². The van der Waals surface area contributed by atoms with E-state index in [4.69, 9.17) is 5.11 Å². The number of hydrogen-bond donors (Lipinski definition) is 2. The average molecular weight is 229 g/mol. The maximum Gasteiger partial charge on any atom is 0.127 e. The Kier molecular flexibility index (Phi) is 5.50. The first kappa shape index (κ1) is 12.3. The maximum absolute atomic E-state index is 12.9. The topological polar surface area (TPSA) is 32.3 Å². The summed E-state index contributed by atoms with van der Waals surface area (Å²) in [7, 11) is 0. The number of aromatic hydroxyl groups is 1. The molecule has 84 valence electrons. The summed E-state index contributed by atoms with van der Waals surface area (Å²) in [5.41, 5.74) is 0.775. The molecule has 0 radical (unpaired) electrons. The lowest BCUT2D eigenvalue weighted by Crippen LogP contribution is -2.15. The van der Waals surface area contributed by atoms with Gasteiger partial charge in [0.15, 0.2) is 0 Å². The summed E-state index contributed by atoms with van der Waals surface area (Å²) in [4.78, 5) is 0. The van der Waals surface area contributed by atoms with Crippen LogP contribution >= 0.6 is 11.8 Å². The summed E-state index contributed by atoms with van der Waals surface area (Å²) in [5, 5.41) is 12.4. The highest BCUT2D eigenvalue weighted by atomic mass is 32.2. The largest absolute Gasteiger partial charge is 0.508 e. The molecule has 0 atom stereocenters. The fraction of sp³-hybridized carbons (Fsp3) is 0.455. The smallest absolute Gasteiger partial charge is 0.127 e. The van der Waals surface area contributed by atoms with Gasteiger partial charge in [0.25, 0.3) is 0 Å². The van der Waals surface area contributed by atoms with Gasteiger partial charge in [-0.2, -0.15) is 11.8 Å². The third-order valence-electron chi connectivity index (χ3n) is 1.97. The van der Waals surface area contributed by atoms with E-state index in [2.05, 4.69) is 11.6 Å². The number of nitrogens with one attached hydrogen (secondary N) is 1. The normalized spacial score (nSPS) is 10.5. The van der Waals surface area contributed by atoms with Crippen LogP contribution in [0.3, 0.4) is 0 Å². The van der Waals surface area contributed by atoms with Crippen molar-refractivity contribution in [1.29, 1.82) is 0 Å². The molecule has 4 heteroatoms. The SMILES string of the molecule is CSCCCNCc1cc(O)cc(F)c1. The van der Waals surface area contributed by atoms with Gasteiger partial charge in [-0.3, -0.25) is 0 Å². The molecule has 0 bridgehead atoms. The third-order valence-corrected chi connectivity index (χ3v) is 2.67. The van der Waals surface area contributed by atoms with Crippen molar-refractivity contribution in [2.45, 2.75) is 13.0 Å². The van der Waals surface area contributed by atoms with Gasteiger partial charge in [-0.1, -0.05) is 0 Å². The molecule has 1 aromatic rings. The maximum atomic E-state index is 12.9. The molecule has 2 N–H and O–H groups in total. The Morgan fingerprint density at radius 2 is 2.20 bits per heavy atom. The molecule has 0 aromatic heterocycles. The summed E-state index contributed by atoms with van der Waals surface area (Å²) in [6.45, 7) is 1.51. The quantitative estimate of drug-likeness (QED) is 0.735. The van der Waals surface area contributed by atoms with Gasteiger partial charge in [0, 0.05) is 12.6 Å². The zero-order valence-corrected chi connectivity index (χ0v) is 9.61. The summed E-state index contributed by atoms with van der Waals surface area (Å²) in [6, 6.07) is 4.11. The van der Waals surface area contributed by atoms with Crippen LogP contribution in [-0.4, -0.2) is 23.7 Å². The van der Waals surface area contributed by atoms with Gasteiger partial charge in [-0.05, 0) is 42.7 Å². The molecule has 0 fully saturated rings. The Balaban J connectivity index is 2.31. The predicted molar refractivity (Wildman–Crippen MR) is 62.8 cm³/mol. The van der Waals surface area contributed by atoms with Crippen LogP contribution in [0.5, 0.6) is 5.75 Å². The molecule has 2 nitrogen and oxygen atoms in total. The number of rotatable bonds is 6. The highest BCUT2D eigenvalue weighted by molar-refractivity contribution is 7.98. The van der Waals surface area contributed by atoms with Gasteiger partial charge in [0.1, 0.15) is 11.6 Å². The van der Waals surface area contributed by atoms with Crippen molar-refractivity contribution in [3.63, 3.8) is 0 Å². The minimum atomic E-state index is -0.393. The van der Waals surface area contributed by atoms with E-state index in [1.165, 1.54) is 6.07 Å². The first-order chi connectivity index (χ1) is 7.22. The minimum absolute atomic E-state index is 0.0177. The Morgan fingerprint density at radius 1 is 1.40 bits per heavy atom. The molecule has 1 rings (SSSR count). The van der Waals surface area contributed by atoms with Crippen LogP contribution in [0.4, 0.5) is 4.39 Å². The van der Waals surface area contributed by atoms with E-state index in [0.717, 1.165) is 30.3 Å². The molecule has 0 saturated heterocycles. The second kappa shape index (κ2) is 6.69. The lowest BCUT2D eigenvalue weighted by Gasteiger charge is -2.05. The molecule has 0 unspecified atom stereocenters. The fourth-order valence-corrected chi connectivity index (χ4v) is 1.74. The number of halogens is 1. The first-order valence-corrected chi connectivity index (χ1v) is 6.30. The number of phenols is 1. The molecule has 0 heterocycles. The monoisotopic (exact) mass is 229 g/mol. The number of phenolic OH excluding ortho intramolecular Hbond substituents is 1. The van der Waals surface area contributed by atoms with E-state index in [0.29, 0.717) is 6.54 Å². The van der Waals surface area contributed by atoms with Crippen LogP contribution < -0.4 is 5.32 Å². The first-order valence-electron chi connectivity index (χ1n) is 4.90. The Hall–Kier alpha value is -0.740. The van der Waals surface area contributed by atoms with Crippen LogP contribution in [0.25, 0.3) is 0 Å². The van der Waals surface area contributed by atoms with Crippen LogP contribution in [0, 0.1) is 5.82 Å². The van der Waals surface area contributed by atoms with Gasteiger partial charge in [0.2, 0.25) is 0 Å². The van der Waals surface area contributed by atoms with E-state index in [1.54, 1.807) is 6.07 Å². The van der Waals surface area contributed by atoms with Crippen molar-refractivity contribution in [3.05, 3.63) is 29.6 Å². The average Bonchev–Trinajstić information content (AvgIpc) is 2.16. The summed E-state index contributed by atoms with van der Waals surface area (Å²) < 4.78 is 12.9. The van der Waals surface area contributed by atoms with Crippen LogP contribution in [-0.2, 0) is 6.54 Å². The van der Waals surface area contributed by atoms with E-state index in [9.17, 15) is 4.39 Å². The van der Waals surface area contributed by atoms with Gasteiger partial charge in [-0.15, -0.1) is 0 Å². The molecule has 15 heavy (non-hydrogen) atoms. The molecule has 0 aliphatic rings. The highest BCUT2D eigenvalue weighted by Crippen LogP contribution is 2.14. The standard InChI is InChI=1S/C11H16FNOS/c1-15-4-2-3-13-8-9-5-10(12)7-11(14)6-9/h5-7,13-14H,2-4,8H2,1H3. The molecule has 1 aromatic carbocycles. The predicted octanol–water partition coefficient (Wildman–Crippen LogP) is 2.37. The van der Waals surface area contributed by atoms with Gasteiger partial charge >= 0.3 is 0 Å². The van der Waals surface area contributed by atoms with Gasteiger partial charge < -0.3 is 10.4 Å². The highest BCUT2D eigenvalue weighted by Gasteiger charge is 1.99. The van der Waals surface area contributed by atoms with Crippen molar-refractivity contribution >= 4 is 11.8 Å². The number of thioether (sulfide) groups is 1. The lowest BCUT2D eigenvalue weighted by atomic mass is 10.2. The zero-order chi connectivity index (χ0) is 11.1. The lowest BCUT2D eigenvalue weighted by molar-refractivity contribution is 0.467. The van der Waals surface area contributed by atoms with Crippen molar-refractivity contribution in [1.82, 2.24) is 5.32 Å². The fourth-order valence-electron chi connectivity index (χ4n) is 1.31. The van der Waals surface area contributed by atoms with E-state index in [-0.39, 0.29) is 5.75 Å². The molecular formula is C11H16FNOS. The molecule has 0 saturated carbocycles. The second-order valence-corrected chi connectivity index (χ2v) is 4.33. The van der Waals surface area contributed by atoms with E-state index < -0.39 is 5.82 Å². The van der Waals surface area contributed by atoms with Crippen LogP contribution in [0.2, 0.25) is 0 Å². The van der Waals surface area contributed by atoms with Gasteiger partial charge in [-0.25, -0.2) is 4.39 Å². The molecule has 0 amide bonds. The van der Waals surface area contributed by atoms with Crippen molar-refractivity contribution in [3.8, 4) is 5.75 Å². The second-order valence-electron chi connectivity index (χ2n) is 3.34. The van der Waals surface area contributed by atoms with E-state index in [1.807, 2.05) is 11.8 Å². The summed E-state index contributed by atoms with van der Waals surface area (Å²) in [6.07, 6.45) is 3.17. The molecule has 0 aliphatic heterocycles. The zero-order valence-electron chi connectivity index (χ0n) is 8.79. The number of hydrogen-bond acceptors (Lipinski definition) is 3. The Morgan fingerprint density at radius 3 is 2.87 bits per heavy atom. The molecule has 0 spiro atoms. The Bertz CT molecular complexity index is 286. The Labute approximate surface area is 93.9 Å². The molecule has 0 aliphatic carbocycles. The van der Waals surface area contributed by atoms with Crippen LogP contribution in [0.1, 0.15) is 12.0 Å².